The highest BCUT2D eigenvalue weighted by Gasteiger charge is 2.23. The molecule has 1 aliphatic carbocycles. The van der Waals surface area contributed by atoms with Crippen LogP contribution in [-0.2, 0) is 9.59 Å². The molecule has 0 radical (unpaired) electrons. The third-order valence-electron chi connectivity index (χ3n) is 2.52. The largest absolute Gasteiger partial charge is 0.271 e. The molecule has 1 saturated carbocycles. The van der Waals surface area contributed by atoms with Gasteiger partial charge in [0, 0.05) is 5.92 Å². The summed E-state index contributed by atoms with van der Waals surface area (Å²) in [7, 11) is 0. The molecule has 1 rings (SSSR count). The van der Waals surface area contributed by atoms with Gasteiger partial charge in [-0.2, -0.15) is 0 Å². The van der Waals surface area contributed by atoms with Crippen molar-refractivity contribution in [3.05, 3.63) is 0 Å². The standard InChI is InChI=1S/C9H13NO2/c1-7-2-4-8(5-3-7)9(12)10-6-11/h7-8H,2-5H2,1H3. The van der Waals surface area contributed by atoms with Crippen LogP contribution in [0.3, 0.4) is 0 Å². The van der Waals surface area contributed by atoms with Crippen molar-refractivity contribution in [3.8, 4) is 0 Å². The van der Waals surface area contributed by atoms with E-state index in [4.69, 9.17) is 0 Å². The SMILES string of the molecule is CC1CCC(C(=O)N=C=O)CC1. The number of hydrogen-bond acceptors (Lipinski definition) is 2. The van der Waals surface area contributed by atoms with E-state index in [0.717, 1.165) is 25.7 Å². The van der Waals surface area contributed by atoms with Gasteiger partial charge in [0.1, 0.15) is 0 Å². The predicted octanol–water partition coefficient (Wildman–Crippen LogP) is 1.68. The van der Waals surface area contributed by atoms with E-state index in [-0.39, 0.29) is 11.8 Å². The van der Waals surface area contributed by atoms with Gasteiger partial charge < -0.3 is 0 Å². The van der Waals surface area contributed by atoms with Crippen molar-refractivity contribution in [2.45, 2.75) is 32.6 Å². The maximum atomic E-state index is 11.1. The topological polar surface area (TPSA) is 46.5 Å². The van der Waals surface area contributed by atoms with E-state index in [0.29, 0.717) is 5.92 Å². The van der Waals surface area contributed by atoms with E-state index in [9.17, 15) is 9.59 Å². The first-order chi connectivity index (χ1) is 5.74. The molecule has 0 spiro atoms. The van der Waals surface area contributed by atoms with Gasteiger partial charge in [-0.1, -0.05) is 6.92 Å². The number of amides is 1. The van der Waals surface area contributed by atoms with E-state index in [1.807, 2.05) is 0 Å². The summed E-state index contributed by atoms with van der Waals surface area (Å²) in [6.07, 6.45) is 5.21. The first kappa shape index (κ1) is 9.14. The Labute approximate surface area is 71.9 Å². The van der Waals surface area contributed by atoms with Crippen LogP contribution in [0.4, 0.5) is 0 Å². The van der Waals surface area contributed by atoms with Crippen molar-refractivity contribution in [3.63, 3.8) is 0 Å². The third-order valence-corrected chi connectivity index (χ3v) is 2.52. The van der Waals surface area contributed by atoms with E-state index < -0.39 is 0 Å². The first-order valence-corrected chi connectivity index (χ1v) is 4.35. The molecule has 0 aliphatic heterocycles. The van der Waals surface area contributed by atoms with Crippen molar-refractivity contribution in [1.29, 1.82) is 0 Å². The Hall–Kier alpha value is -0.950. The number of rotatable bonds is 1. The highest BCUT2D eigenvalue weighted by molar-refractivity contribution is 5.83. The summed E-state index contributed by atoms with van der Waals surface area (Å²) < 4.78 is 0. The van der Waals surface area contributed by atoms with Gasteiger partial charge in [0.15, 0.2) is 0 Å². The van der Waals surface area contributed by atoms with Gasteiger partial charge in [0.25, 0.3) is 5.91 Å². The van der Waals surface area contributed by atoms with Crippen LogP contribution >= 0.6 is 0 Å². The molecule has 66 valence electrons. The molecule has 0 unspecified atom stereocenters. The average molecular weight is 167 g/mol. The first-order valence-electron chi connectivity index (χ1n) is 4.35. The molecular weight excluding hydrogens is 154 g/mol. The Morgan fingerprint density at radius 3 is 2.42 bits per heavy atom. The van der Waals surface area contributed by atoms with E-state index >= 15 is 0 Å². The Kier molecular flexibility index (Phi) is 3.18. The van der Waals surface area contributed by atoms with Crippen LogP contribution < -0.4 is 0 Å². The molecule has 1 fully saturated rings. The molecule has 0 aromatic heterocycles. The Morgan fingerprint density at radius 2 is 1.92 bits per heavy atom. The minimum Gasteiger partial charge on any atom is -0.271 e. The van der Waals surface area contributed by atoms with Gasteiger partial charge in [0.05, 0.1) is 0 Å². The number of isocyanates is 1. The van der Waals surface area contributed by atoms with Crippen LogP contribution in [0, 0.1) is 11.8 Å². The number of carbonyl (C=O) groups excluding carboxylic acids is 2. The summed E-state index contributed by atoms with van der Waals surface area (Å²) in [6.45, 7) is 2.18. The van der Waals surface area contributed by atoms with Crippen molar-refractivity contribution in [2.75, 3.05) is 0 Å². The highest BCUT2D eigenvalue weighted by atomic mass is 16.2. The van der Waals surface area contributed by atoms with Gasteiger partial charge in [-0.15, -0.1) is 4.99 Å². The summed E-state index contributed by atoms with van der Waals surface area (Å²) in [5.41, 5.74) is 0. The normalized spacial score (nSPS) is 29.1. The maximum absolute atomic E-state index is 11.1. The van der Waals surface area contributed by atoms with Crippen LogP contribution in [-0.4, -0.2) is 12.0 Å². The van der Waals surface area contributed by atoms with Crippen molar-refractivity contribution in [2.24, 2.45) is 16.8 Å². The quantitative estimate of drug-likeness (QED) is 0.440. The molecular formula is C9H13NO2. The lowest BCUT2D eigenvalue weighted by atomic mass is 9.83. The maximum Gasteiger partial charge on any atom is 0.259 e. The fourth-order valence-electron chi connectivity index (χ4n) is 1.64. The van der Waals surface area contributed by atoms with Crippen molar-refractivity contribution >= 4 is 12.0 Å². The van der Waals surface area contributed by atoms with Gasteiger partial charge in [0.2, 0.25) is 6.08 Å². The second kappa shape index (κ2) is 4.17. The summed E-state index contributed by atoms with van der Waals surface area (Å²) in [4.78, 5) is 24.0. The zero-order chi connectivity index (χ0) is 8.97. The average Bonchev–Trinajstić information content (AvgIpc) is 2.06. The summed E-state index contributed by atoms with van der Waals surface area (Å²) in [6, 6.07) is 0. The lowest BCUT2D eigenvalue weighted by Crippen LogP contribution is -2.19. The van der Waals surface area contributed by atoms with Crippen LogP contribution in [0.25, 0.3) is 0 Å². The van der Waals surface area contributed by atoms with Crippen LogP contribution in [0.5, 0.6) is 0 Å². The van der Waals surface area contributed by atoms with E-state index in [2.05, 4.69) is 11.9 Å². The number of nitrogens with zero attached hydrogens (tertiary/aromatic N) is 1. The second-order valence-electron chi connectivity index (χ2n) is 3.50. The minimum absolute atomic E-state index is 0.0114. The predicted molar refractivity (Wildman–Crippen MR) is 44.3 cm³/mol. The summed E-state index contributed by atoms with van der Waals surface area (Å²) in [5.74, 6) is 0.425. The molecule has 0 aromatic carbocycles. The van der Waals surface area contributed by atoms with Gasteiger partial charge in [-0.25, -0.2) is 4.79 Å². The molecule has 0 bridgehead atoms. The molecule has 0 saturated heterocycles. The van der Waals surface area contributed by atoms with Gasteiger partial charge >= 0.3 is 0 Å². The molecule has 0 atom stereocenters. The zero-order valence-electron chi connectivity index (χ0n) is 7.25. The van der Waals surface area contributed by atoms with E-state index in [1.165, 1.54) is 6.08 Å². The van der Waals surface area contributed by atoms with Crippen LogP contribution in [0.15, 0.2) is 4.99 Å². The molecule has 12 heavy (non-hydrogen) atoms. The van der Waals surface area contributed by atoms with Gasteiger partial charge in [-0.3, -0.25) is 4.79 Å². The fraction of sp³-hybridized carbons (Fsp3) is 0.778. The molecule has 3 heteroatoms. The zero-order valence-corrected chi connectivity index (χ0v) is 7.25. The van der Waals surface area contributed by atoms with Crippen molar-refractivity contribution in [1.82, 2.24) is 0 Å². The highest BCUT2D eigenvalue weighted by Crippen LogP contribution is 2.28. The summed E-state index contributed by atoms with van der Waals surface area (Å²) >= 11 is 0. The van der Waals surface area contributed by atoms with Gasteiger partial charge in [-0.05, 0) is 31.6 Å². The molecule has 0 aromatic rings. The minimum atomic E-state index is -0.281. The van der Waals surface area contributed by atoms with Crippen molar-refractivity contribution < 1.29 is 9.59 Å². The number of aliphatic imine (C=N–C) groups is 1. The second-order valence-corrected chi connectivity index (χ2v) is 3.50. The Balaban J connectivity index is 2.44. The molecule has 1 amide bonds. The third kappa shape index (κ3) is 2.28. The lowest BCUT2D eigenvalue weighted by Gasteiger charge is -2.22. The number of carbonyl (C=O) groups is 1. The Bertz CT molecular complexity index is 211. The van der Waals surface area contributed by atoms with E-state index in [1.54, 1.807) is 0 Å². The molecule has 3 nitrogen and oxygen atoms in total. The Morgan fingerprint density at radius 1 is 1.33 bits per heavy atom. The lowest BCUT2D eigenvalue weighted by molar-refractivity contribution is -0.122. The molecule has 0 heterocycles. The number of hydrogen-bond donors (Lipinski definition) is 0. The molecule has 1 aliphatic rings. The van der Waals surface area contributed by atoms with Crippen LogP contribution in [0.2, 0.25) is 0 Å². The monoisotopic (exact) mass is 167 g/mol. The smallest absolute Gasteiger partial charge is 0.259 e. The summed E-state index contributed by atoms with van der Waals surface area (Å²) in [5, 5.41) is 0. The molecule has 0 N–H and O–H groups in total. The fourth-order valence-corrected chi connectivity index (χ4v) is 1.64. The van der Waals surface area contributed by atoms with Crippen LogP contribution in [0.1, 0.15) is 32.6 Å².